The molecule has 0 saturated heterocycles. The number of amides is 1. The maximum Gasteiger partial charge on any atom is 0.275 e. The van der Waals surface area contributed by atoms with Gasteiger partial charge in [0.2, 0.25) is 0 Å². The molecule has 0 saturated carbocycles. The number of nitrogens with two attached hydrogens (primary N) is 1. The number of nitrogens with one attached hydrogen (secondary N) is 2. The summed E-state index contributed by atoms with van der Waals surface area (Å²) in [6, 6.07) is 5.15. The lowest BCUT2D eigenvalue weighted by Crippen LogP contribution is -2.15. The van der Waals surface area contributed by atoms with Crippen molar-refractivity contribution in [2.24, 2.45) is 5.84 Å². The lowest BCUT2D eigenvalue weighted by Gasteiger charge is -2.07. The fourth-order valence-corrected chi connectivity index (χ4v) is 2.02. The largest absolute Gasteiger partial charge is 0.319 e. The first-order chi connectivity index (χ1) is 9.10. The van der Waals surface area contributed by atoms with Crippen LogP contribution in [0.4, 0.5) is 11.5 Å². The monoisotopic (exact) mass is 341 g/mol. The van der Waals surface area contributed by atoms with Crippen LogP contribution in [0.5, 0.6) is 0 Å². The summed E-state index contributed by atoms with van der Waals surface area (Å²) in [4.78, 5) is 19.7. The minimum atomic E-state index is -0.403. The van der Waals surface area contributed by atoms with Crippen LogP contribution >= 0.6 is 27.5 Å². The molecule has 0 aliphatic carbocycles. The Morgan fingerprint density at radius 2 is 2.11 bits per heavy atom. The zero-order valence-electron chi connectivity index (χ0n) is 9.52. The number of nitrogens with zero attached hydrogens (tertiary/aromatic N) is 2. The topological polar surface area (TPSA) is 92.9 Å². The molecular weight excluding hydrogens is 334 g/mol. The highest BCUT2D eigenvalue weighted by molar-refractivity contribution is 9.10. The number of hydrogen-bond donors (Lipinski definition) is 3. The molecule has 8 heteroatoms. The van der Waals surface area contributed by atoms with Crippen molar-refractivity contribution in [2.75, 3.05) is 10.7 Å². The van der Waals surface area contributed by atoms with E-state index in [2.05, 4.69) is 36.6 Å². The Kier molecular flexibility index (Phi) is 4.31. The van der Waals surface area contributed by atoms with Gasteiger partial charge in [-0.25, -0.2) is 15.8 Å². The number of hydrazine groups is 1. The molecule has 0 bridgehead atoms. The second-order valence-electron chi connectivity index (χ2n) is 3.51. The number of carbonyl (C=O) groups excluding carboxylic acids is 1. The van der Waals surface area contributed by atoms with Gasteiger partial charge in [-0.15, -0.1) is 0 Å². The highest BCUT2D eigenvalue weighted by atomic mass is 79.9. The van der Waals surface area contributed by atoms with E-state index < -0.39 is 5.91 Å². The van der Waals surface area contributed by atoms with Crippen LogP contribution in [0.25, 0.3) is 0 Å². The maximum atomic E-state index is 11.9. The maximum absolute atomic E-state index is 11.9. The van der Waals surface area contributed by atoms with E-state index in [1.807, 2.05) is 0 Å². The van der Waals surface area contributed by atoms with Crippen LogP contribution < -0.4 is 16.6 Å². The first-order valence-electron chi connectivity index (χ1n) is 5.15. The Hall–Kier alpha value is -1.70. The number of nitrogen functional groups attached to an aromatic ring is 1. The summed E-state index contributed by atoms with van der Waals surface area (Å²) in [5.74, 6) is 5.13. The lowest BCUT2D eigenvalue weighted by molar-refractivity contribution is 0.102. The fraction of sp³-hybridized carbons (Fsp3) is 0. The van der Waals surface area contributed by atoms with E-state index >= 15 is 0 Å². The van der Waals surface area contributed by atoms with Crippen LogP contribution in [0.15, 0.2) is 35.1 Å². The number of carbonyl (C=O) groups is 1. The third kappa shape index (κ3) is 3.40. The Bertz CT molecular complexity index is 605. The first kappa shape index (κ1) is 13.7. The van der Waals surface area contributed by atoms with Crippen LogP contribution in [0.3, 0.4) is 0 Å². The summed E-state index contributed by atoms with van der Waals surface area (Å²) in [6.07, 6.45) is 2.68. The van der Waals surface area contributed by atoms with Gasteiger partial charge < -0.3 is 10.7 Å². The highest BCUT2D eigenvalue weighted by Gasteiger charge is 2.10. The number of benzene rings is 1. The van der Waals surface area contributed by atoms with Crippen LogP contribution in [-0.4, -0.2) is 15.9 Å². The summed E-state index contributed by atoms with van der Waals surface area (Å²) in [5.41, 5.74) is 2.99. The van der Waals surface area contributed by atoms with Gasteiger partial charge in [-0.1, -0.05) is 27.5 Å². The average molecular weight is 343 g/mol. The summed E-state index contributed by atoms with van der Waals surface area (Å²) < 4.78 is 0.827. The zero-order chi connectivity index (χ0) is 13.8. The molecule has 0 fully saturated rings. The SMILES string of the molecule is NNc1cnc(C(=O)Nc2ccc(Br)cc2Cl)cn1. The quantitative estimate of drug-likeness (QED) is 0.588. The van der Waals surface area contributed by atoms with Gasteiger partial charge in [-0.3, -0.25) is 4.79 Å². The molecule has 0 atom stereocenters. The predicted molar refractivity (Wildman–Crippen MR) is 76.9 cm³/mol. The van der Waals surface area contributed by atoms with Crippen molar-refractivity contribution in [1.29, 1.82) is 0 Å². The minimum Gasteiger partial charge on any atom is -0.319 e. The third-order valence-corrected chi connectivity index (χ3v) is 3.02. The molecule has 0 aliphatic heterocycles. The molecule has 2 aromatic rings. The minimum absolute atomic E-state index is 0.165. The summed E-state index contributed by atoms with van der Waals surface area (Å²) in [5, 5.41) is 3.07. The van der Waals surface area contributed by atoms with E-state index in [0.717, 1.165) is 4.47 Å². The number of halogens is 2. The van der Waals surface area contributed by atoms with E-state index in [0.29, 0.717) is 16.5 Å². The average Bonchev–Trinajstić information content (AvgIpc) is 2.42. The van der Waals surface area contributed by atoms with Crippen molar-refractivity contribution >= 4 is 44.9 Å². The van der Waals surface area contributed by atoms with Gasteiger partial charge in [0.25, 0.3) is 5.91 Å². The van der Waals surface area contributed by atoms with Gasteiger partial charge in [0.05, 0.1) is 23.1 Å². The summed E-state index contributed by atoms with van der Waals surface area (Å²) in [6.45, 7) is 0. The van der Waals surface area contributed by atoms with Crippen molar-refractivity contribution < 1.29 is 4.79 Å². The number of anilines is 2. The van der Waals surface area contributed by atoms with Crippen molar-refractivity contribution in [3.05, 3.63) is 45.8 Å². The Morgan fingerprint density at radius 3 is 2.68 bits per heavy atom. The molecule has 98 valence electrons. The molecule has 0 radical (unpaired) electrons. The van der Waals surface area contributed by atoms with Crippen molar-refractivity contribution in [3.8, 4) is 0 Å². The van der Waals surface area contributed by atoms with Crippen molar-refractivity contribution in [2.45, 2.75) is 0 Å². The van der Waals surface area contributed by atoms with Gasteiger partial charge in [0.1, 0.15) is 5.69 Å². The molecule has 1 aromatic carbocycles. The van der Waals surface area contributed by atoms with Crippen LogP contribution in [-0.2, 0) is 0 Å². The van der Waals surface area contributed by atoms with E-state index in [1.165, 1.54) is 12.4 Å². The van der Waals surface area contributed by atoms with Gasteiger partial charge in [0, 0.05) is 4.47 Å². The van der Waals surface area contributed by atoms with Gasteiger partial charge in [0.15, 0.2) is 5.82 Å². The molecule has 6 nitrogen and oxygen atoms in total. The smallest absolute Gasteiger partial charge is 0.275 e. The van der Waals surface area contributed by atoms with Gasteiger partial charge in [-0.2, -0.15) is 0 Å². The number of hydrogen-bond acceptors (Lipinski definition) is 5. The second kappa shape index (κ2) is 5.96. The van der Waals surface area contributed by atoms with Crippen LogP contribution in [0.2, 0.25) is 5.02 Å². The molecule has 19 heavy (non-hydrogen) atoms. The molecule has 0 spiro atoms. The molecule has 0 aliphatic rings. The van der Waals surface area contributed by atoms with Gasteiger partial charge >= 0.3 is 0 Å². The lowest BCUT2D eigenvalue weighted by atomic mass is 10.3. The van der Waals surface area contributed by atoms with E-state index in [-0.39, 0.29) is 5.69 Å². The Balaban J connectivity index is 2.15. The Morgan fingerprint density at radius 1 is 1.32 bits per heavy atom. The second-order valence-corrected chi connectivity index (χ2v) is 4.83. The molecular formula is C11H9BrClN5O. The molecule has 1 aromatic heterocycles. The van der Waals surface area contributed by atoms with Gasteiger partial charge in [-0.05, 0) is 18.2 Å². The molecule has 4 N–H and O–H groups in total. The molecule has 0 unspecified atom stereocenters. The summed E-state index contributed by atoms with van der Waals surface area (Å²) in [7, 11) is 0. The molecule has 1 amide bonds. The van der Waals surface area contributed by atoms with E-state index in [1.54, 1.807) is 18.2 Å². The van der Waals surface area contributed by atoms with Crippen LogP contribution in [0, 0.1) is 0 Å². The zero-order valence-corrected chi connectivity index (χ0v) is 11.9. The normalized spacial score (nSPS) is 10.1. The Labute approximate surface area is 122 Å². The third-order valence-electron chi connectivity index (χ3n) is 2.21. The fourth-order valence-electron chi connectivity index (χ4n) is 1.30. The standard InChI is InChI=1S/C11H9BrClN5O/c12-6-1-2-8(7(13)3-6)17-11(19)9-4-16-10(18-14)5-15-9/h1-5H,14H2,(H,16,18)(H,17,19). The first-order valence-corrected chi connectivity index (χ1v) is 6.32. The molecule has 1 heterocycles. The van der Waals surface area contributed by atoms with E-state index in [4.69, 9.17) is 17.4 Å². The number of rotatable bonds is 3. The van der Waals surface area contributed by atoms with Crippen LogP contribution in [0.1, 0.15) is 10.5 Å². The van der Waals surface area contributed by atoms with Crippen molar-refractivity contribution in [1.82, 2.24) is 9.97 Å². The highest BCUT2D eigenvalue weighted by Crippen LogP contribution is 2.25. The van der Waals surface area contributed by atoms with E-state index in [9.17, 15) is 4.79 Å². The predicted octanol–water partition coefficient (Wildman–Crippen LogP) is 2.43. The molecule has 2 rings (SSSR count). The summed E-state index contributed by atoms with van der Waals surface area (Å²) >= 11 is 9.29. The van der Waals surface area contributed by atoms with Crippen molar-refractivity contribution in [3.63, 3.8) is 0 Å². The number of aromatic nitrogens is 2.